The molecule has 0 N–H and O–H groups in total. The first-order valence-electron chi connectivity index (χ1n) is 7.89. The van der Waals surface area contributed by atoms with E-state index in [0.29, 0.717) is 30.5 Å². The van der Waals surface area contributed by atoms with Gasteiger partial charge in [-0.25, -0.2) is 4.79 Å². The van der Waals surface area contributed by atoms with E-state index in [-0.39, 0.29) is 12.4 Å². The third-order valence-corrected chi connectivity index (χ3v) is 3.09. The molecule has 1 heterocycles. The van der Waals surface area contributed by atoms with Gasteiger partial charge in [0.15, 0.2) is 11.5 Å². The van der Waals surface area contributed by atoms with Gasteiger partial charge in [-0.3, -0.25) is 0 Å². The Bertz CT molecular complexity index is 722. The molecule has 0 saturated carbocycles. The molecule has 134 valence electrons. The van der Waals surface area contributed by atoms with Crippen LogP contribution in [0, 0.1) is 0 Å². The summed E-state index contributed by atoms with van der Waals surface area (Å²) in [6, 6.07) is 8.63. The van der Waals surface area contributed by atoms with Crippen LogP contribution in [-0.2, 0) is 16.2 Å². The zero-order chi connectivity index (χ0) is 18.1. The smallest absolute Gasteiger partial charge is 0.373 e. The Morgan fingerprint density at radius 3 is 2.68 bits per heavy atom. The summed E-state index contributed by atoms with van der Waals surface area (Å²) >= 11 is 0. The summed E-state index contributed by atoms with van der Waals surface area (Å²) in [5.41, 5.74) is 0.829. The number of methoxy groups -OCH3 is 1. The first kappa shape index (κ1) is 18.4. The number of nitrogens with zero attached hydrogens (tertiary/aromatic N) is 1. The fraction of sp³-hybridized carbons (Fsp3) is 0.333. The molecule has 0 atom stereocenters. The fourth-order valence-corrected chi connectivity index (χ4v) is 1.98. The van der Waals surface area contributed by atoms with Crippen molar-refractivity contribution in [1.82, 2.24) is 0 Å². The van der Waals surface area contributed by atoms with Gasteiger partial charge in [0, 0.05) is 5.56 Å². The summed E-state index contributed by atoms with van der Waals surface area (Å²) in [6.45, 7) is 4.91. The van der Waals surface area contributed by atoms with Gasteiger partial charge in [0.2, 0.25) is 5.76 Å². The topological polar surface area (TPSA) is 79.5 Å². The van der Waals surface area contributed by atoms with Gasteiger partial charge in [0.25, 0.3) is 0 Å². The predicted molar refractivity (Wildman–Crippen MR) is 91.2 cm³/mol. The second kappa shape index (κ2) is 9.36. The maximum absolute atomic E-state index is 11.4. The molecule has 0 aliphatic heterocycles. The van der Waals surface area contributed by atoms with Crippen LogP contribution in [0.1, 0.15) is 35.7 Å². The molecule has 0 amide bonds. The number of esters is 1. The van der Waals surface area contributed by atoms with Crippen molar-refractivity contribution in [2.24, 2.45) is 5.16 Å². The van der Waals surface area contributed by atoms with Crippen LogP contribution in [0.5, 0.6) is 11.5 Å². The molecular formula is C18H21NO6. The molecular weight excluding hydrogens is 326 g/mol. The highest BCUT2D eigenvalue weighted by Crippen LogP contribution is 2.29. The van der Waals surface area contributed by atoms with Crippen LogP contribution in [-0.4, -0.2) is 32.5 Å². The molecule has 2 rings (SSSR count). The lowest BCUT2D eigenvalue weighted by molar-refractivity contribution is 0.0561. The first-order valence-corrected chi connectivity index (χ1v) is 7.89. The first-order chi connectivity index (χ1) is 12.2. The van der Waals surface area contributed by atoms with Crippen molar-refractivity contribution in [2.45, 2.75) is 20.5 Å². The summed E-state index contributed by atoms with van der Waals surface area (Å²) in [5, 5.41) is 3.83. The van der Waals surface area contributed by atoms with Crippen molar-refractivity contribution in [2.75, 3.05) is 20.3 Å². The third kappa shape index (κ3) is 5.27. The van der Waals surface area contributed by atoms with E-state index < -0.39 is 5.97 Å². The van der Waals surface area contributed by atoms with Gasteiger partial charge in [-0.15, -0.1) is 0 Å². The van der Waals surface area contributed by atoms with Gasteiger partial charge in [0.1, 0.15) is 19.0 Å². The lowest BCUT2D eigenvalue weighted by Gasteiger charge is -2.11. The largest absolute Gasteiger partial charge is 0.490 e. The maximum Gasteiger partial charge on any atom is 0.373 e. The SMILES string of the molecule is CCO/N=C\c1ccc(OCc2ccc(C(=O)OC)o2)c(OCC)c1. The van der Waals surface area contributed by atoms with Crippen molar-refractivity contribution < 1.29 is 28.3 Å². The molecule has 25 heavy (non-hydrogen) atoms. The molecule has 0 spiro atoms. The maximum atomic E-state index is 11.4. The molecule has 1 aromatic heterocycles. The molecule has 7 heteroatoms. The van der Waals surface area contributed by atoms with E-state index in [4.69, 9.17) is 18.7 Å². The average Bonchev–Trinajstić information content (AvgIpc) is 3.10. The monoisotopic (exact) mass is 347 g/mol. The Morgan fingerprint density at radius 2 is 1.96 bits per heavy atom. The number of hydrogen-bond acceptors (Lipinski definition) is 7. The number of oxime groups is 1. The number of carbonyl (C=O) groups excluding carboxylic acids is 1. The number of rotatable bonds is 9. The molecule has 0 bridgehead atoms. The van der Waals surface area contributed by atoms with E-state index in [1.807, 2.05) is 26.0 Å². The number of benzene rings is 1. The zero-order valence-corrected chi connectivity index (χ0v) is 14.5. The summed E-state index contributed by atoms with van der Waals surface area (Å²) in [6.07, 6.45) is 1.60. The molecule has 0 saturated heterocycles. The summed E-state index contributed by atoms with van der Waals surface area (Å²) in [7, 11) is 1.30. The van der Waals surface area contributed by atoms with Gasteiger partial charge < -0.3 is 23.5 Å². The number of ether oxygens (including phenoxy) is 3. The van der Waals surface area contributed by atoms with Crippen LogP contribution in [0.2, 0.25) is 0 Å². The molecule has 1 aromatic carbocycles. The van der Waals surface area contributed by atoms with Gasteiger partial charge in [-0.05, 0) is 44.2 Å². The van der Waals surface area contributed by atoms with E-state index in [2.05, 4.69) is 9.89 Å². The van der Waals surface area contributed by atoms with Crippen molar-refractivity contribution >= 4 is 12.2 Å². The average molecular weight is 347 g/mol. The summed E-state index contributed by atoms with van der Waals surface area (Å²) < 4.78 is 21.3. The van der Waals surface area contributed by atoms with Gasteiger partial charge >= 0.3 is 5.97 Å². The number of carbonyl (C=O) groups is 1. The lowest BCUT2D eigenvalue weighted by atomic mass is 10.2. The van der Waals surface area contributed by atoms with E-state index in [1.165, 1.54) is 7.11 Å². The molecule has 2 aromatic rings. The van der Waals surface area contributed by atoms with E-state index in [9.17, 15) is 4.79 Å². The minimum Gasteiger partial charge on any atom is -0.490 e. The quantitative estimate of drug-likeness (QED) is 0.393. The zero-order valence-electron chi connectivity index (χ0n) is 14.5. The van der Waals surface area contributed by atoms with Gasteiger partial charge in [-0.1, -0.05) is 5.16 Å². The highest BCUT2D eigenvalue weighted by Gasteiger charge is 2.12. The summed E-state index contributed by atoms with van der Waals surface area (Å²) in [4.78, 5) is 16.3. The van der Waals surface area contributed by atoms with E-state index in [1.54, 1.807) is 24.4 Å². The van der Waals surface area contributed by atoms with Crippen molar-refractivity contribution in [3.8, 4) is 11.5 Å². The Hall–Kier alpha value is -2.96. The van der Waals surface area contributed by atoms with Crippen molar-refractivity contribution in [3.05, 3.63) is 47.4 Å². The van der Waals surface area contributed by atoms with E-state index >= 15 is 0 Å². The molecule has 0 radical (unpaired) electrons. The third-order valence-electron chi connectivity index (χ3n) is 3.09. The highest BCUT2D eigenvalue weighted by molar-refractivity contribution is 5.86. The van der Waals surface area contributed by atoms with Gasteiger partial charge in [0.05, 0.1) is 19.9 Å². The van der Waals surface area contributed by atoms with Crippen LogP contribution in [0.4, 0.5) is 0 Å². The highest BCUT2D eigenvalue weighted by atomic mass is 16.6. The Labute approximate surface area is 146 Å². The second-order valence-corrected chi connectivity index (χ2v) is 4.84. The number of furan rings is 1. The minimum absolute atomic E-state index is 0.133. The fourth-order valence-electron chi connectivity index (χ4n) is 1.98. The van der Waals surface area contributed by atoms with Gasteiger partial charge in [-0.2, -0.15) is 0 Å². The molecule has 0 aliphatic rings. The lowest BCUT2D eigenvalue weighted by Crippen LogP contribution is -2.01. The summed E-state index contributed by atoms with van der Waals surface area (Å²) in [5.74, 6) is 1.26. The molecule has 0 fully saturated rings. The second-order valence-electron chi connectivity index (χ2n) is 4.84. The van der Waals surface area contributed by atoms with Crippen LogP contribution in [0.25, 0.3) is 0 Å². The standard InChI is InChI=1S/C18H21NO6/c1-4-22-17-10-13(11-19-24-5-2)6-8-15(17)23-12-14-7-9-16(25-14)18(20)21-3/h6-11H,4-5,12H2,1-3H3/b19-11-. The molecule has 7 nitrogen and oxygen atoms in total. The van der Waals surface area contributed by atoms with Crippen molar-refractivity contribution in [3.63, 3.8) is 0 Å². The number of hydrogen-bond donors (Lipinski definition) is 0. The molecule has 0 unspecified atom stereocenters. The Kier molecular flexibility index (Phi) is 6.88. The van der Waals surface area contributed by atoms with Crippen LogP contribution < -0.4 is 9.47 Å². The van der Waals surface area contributed by atoms with Crippen LogP contribution in [0.3, 0.4) is 0 Å². The van der Waals surface area contributed by atoms with Crippen LogP contribution >= 0.6 is 0 Å². The van der Waals surface area contributed by atoms with E-state index in [0.717, 1.165) is 5.56 Å². The Morgan fingerprint density at radius 1 is 1.12 bits per heavy atom. The normalized spacial score (nSPS) is 10.7. The van der Waals surface area contributed by atoms with Crippen LogP contribution in [0.15, 0.2) is 39.9 Å². The van der Waals surface area contributed by atoms with Crippen molar-refractivity contribution in [1.29, 1.82) is 0 Å². The molecule has 0 aliphatic carbocycles. The minimum atomic E-state index is -0.529. The predicted octanol–water partition coefficient (Wildman–Crippen LogP) is 3.41. The Balaban J connectivity index is 2.07.